The Labute approximate surface area is 93.5 Å². The van der Waals surface area contributed by atoms with Crippen molar-refractivity contribution in [2.45, 2.75) is 13.5 Å². The molecule has 0 aliphatic carbocycles. The number of rotatable bonds is 3. The van der Waals surface area contributed by atoms with Gasteiger partial charge in [-0.05, 0) is 31.2 Å². The van der Waals surface area contributed by atoms with Crippen LogP contribution < -0.4 is 16.8 Å². The summed E-state index contributed by atoms with van der Waals surface area (Å²) in [6.45, 7) is 2.48. The summed E-state index contributed by atoms with van der Waals surface area (Å²) >= 11 is 0. The van der Waals surface area contributed by atoms with Crippen molar-refractivity contribution >= 4 is 17.3 Å². The molecule has 0 saturated carbocycles. The molecule has 0 amide bonds. The summed E-state index contributed by atoms with van der Waals surface area (Å²) < 4.78 is 5.41. The normalized spacial score (nSPS) is 10.3. The van der Waals surface area contributed by atoms with Crippen LogP contribution in [0.3, 0.4) is 0 Å². The van der Waals surface area contributed by atoms with Gasteiger partial charge in [0.25, 0.3) is 0 Å². The van der Waals surface area contributed by atoms with E-state index in [0.29, 0.717) is 23.9 Å². The Bertz CT molecular complexity index is 492. The summed E-state index contributed by atoms with van der Waals surface area (Å²) in [7, 11) is 0. The largest absolute Gasteiger partial charge is 0.465 e. The van der Waals surface area contributed by atoms with Crippen molar-refractivity contribution in [1.82, 2.24) is 4.98 Å². The van der Waals surface area contributed by atoms with Crippen LogP contribution in [0.15, 0.2) is 28.7 Å². The summed E-state index contributed by atoms with van der Waals surface area (Å²) in [5.41, 5.74) is 11.6. The van der Waals surface area contributed by atoms with Crippen molar-refractivity contribution in [2.75, 3.05) is 16.8 Å². The SMILES string of the molecule is Cc1ccc(CNc2ccc(N)c(N)n2)o1. The van der Waals surface area contributed by atoms with Crippen LogP contribution in [0.5, 0.6) is 0 Å². The molecule has 0 unspecified atom stereocenters. The zero-order valence-corrected chi connectivity index (χ0v) is 9.03. The zero-order chi connectivity index (χ0) is 11.5. The second-order valence-corrected chi connectivity index (χ2v) is 3.54. The highest BCUT2D eigenvalue weighted by Gasteiger charge is 2.01. The number of nitrogens with zero attached hydrogens (tertiary/aromatic N) is 1. The third-order valence-electron chi connectivity index (χ3n) is 2.20. The Morgan fingerprint density at radius 1 is 1.25 bits per heavy atom. The Morgan fingerprint density at radius 3 is 2.69 bits per heavy atom. The lowest BCUT2D eigenvalue weighted by atomic mass is 10.3. The molecule has 0 radical (unpaired) electrons. The first-order chi connectivity index (χ1) is 7.65. The van der Waals surface area contributed by atoms with Gasteiger partial charge in [0.2, 0.25) is 0 Å². The maximum atomic E-state index is 5.59. The minimum absolute atomic E-state index is 0.334. The van der Waals surface area contributed by atoms with Crippen LogP contribution in [0.25, 0.3) is 0 Å². The highest BCUT2D eigenvalue weighted by Crippen LogP contribution is 2.15. The van der Waals surface area contributed by atoms with Crippen LogP contribution in [-0.4, -0.2) is 4.98 Å². The Kier molecular flexibility index (Phi) is 2.68. The number of furan rings is 1. The third-order valence-corrected chi connectivity index (χ3v) is 2.20. The average molecular weight is 218 g/mol. The number of pyridine rings is 1. The number of hydrogen-bond donors (Lipinski definition) is 3. The van der Waals surface area contributed by atoms with Crippen molar-refractivity contribution < 1.29 is 4.42 Å². The molecule has 5 heteroatoms. The molecule has 2 rings (SSSR count). The van der Waals surface area contributed by atoms with Crippen LogP contribution >= 0.6 is 0 Å². The summed E-state index contributed by atoms with van der Waals surface area (Å²) in [5.74, 6) is 2.76. The number of hydrogen-bond acceptors (Lipinski definition) is 5. The van der Waals surface area contributed by atoms with Crippen molar-refractivity contribution in [3.63, 3.8) is 0 Å². The van der Waals surface area contributed by atoms with Crippen LogP contribution in [0.4, 0.5) is 17.3 Å². The number of anilines is 3. The predicted molar refractivity (Wildman–Crippen MR) is 63.8 cm³/mol. The highest BCUT2D eigenvalue weighted by molar-refractivity contribution is 5.61. The maximum Gasteiger partial charge on any atom is 0.149 e. The first-order valence-electron chi connectivity index (χ1n) is 4.96. The number of nitrogen functional groups attached to an aromatic ring is 2. The Morgan fingerprint density at radius 2 is 2.06 bits per heavy atom. The quantitative estimate of drug-likeness (QED) is 0.730. The van der Waals surface area contributed by atoms with Gasteiger partial charge in [-0.2, -0.15) is 0 Å². The molecule has 2 aromatic heterocycles. The smallest absolute Gasteiger partial charge is 0.149 e. The summed E-state index contributed by atoms with van der Waals surface area (Å²) in [4.78, 5) is 4.09. The van der Waals surface area contributed by atoms with Gasteiger partial charge in [-0.1, -0.05) is 0 Å². The lowest BCUT2D eigenvalue weighted by Gasteiger charge is -2.05. The molecule has 5 N–H and O–H groups in total. The molecule has 84 valence electrons. The molecule has 0 fully saturated rings. The van der Waals surface area contributed by atoms with Gasteiger partial charge in [-0.3, -0.25) is 0 Å². The summed E-state index contributed by atoms with van der Waals surface area (Å²) in [5, 5.41) is 3.10. The average Bonchev–Trinajstić information content (AvgIpc) is 2.66. The van der Waals surface area contributed by atoms with Crippen LogP contribution in [0.1, 0.15) is 11.5 Å². The zero-order valence-electron chi connectivity index (χ0n) is 9.03. The Hall–Kier alpha value is -2.17. The van der Waals surface area contributed by atoms with E-state index in [0.717, 1.165) is 11.5 Å². The van der Waals surface area contributed by atoms with Crippen molar-refractivity contribution in [3.05, 3.63) is 35.8 Å². The van der Waals surface area contributed by atoms with Gasteiger partial charge in [0.15, 0.2) is 0 Å². The number of aromatic nitrogens is 1. The molecular formula is C11H14N4O. The Balaban J connectivity index is 2.02. The molecule has 2 heterocycles. The van der Waals surface area contributed by atoms with E-state index >= 15 is 0 Å². The maximum absolute atomic E-state index is 5.59. The van der Waals surface area contributed by atoms with Crippen molar-refractivity contribution in [1.29, 1.82) is 0 Å². The molecule has 0 spiro atoms. The van der Waals surface area contributed by atoms with Gasteiger partial charge in [0.05, 0.1) is 12.2 Å². The van der Waals surface area contributed by atoms with E-state index in [1.165, 1.54) is 0 Å². The van der Waals surface area contributed by atoms with E-state index in [-0.39, 0.29) is 0 Å². The second kappa shape index (κ2) is 4.14. The van der Waals surface area contributed by atoms with Gasteiger partial charge >= 0.3 is 0 Å². The number of nitrogens with one attached hydrogen (secondary N) is 1. The van der Waals surface area contributed by atoms with Gasteiger partial charge < -0.3 is 21.2 Å². The molecular weight excluding hydrogens is 204 g/mol. The minimum Gasteiger partial charge on any atom is -0.465 e. The lowest BCUT2D eigenvalue weighted by molar-refractivity contribution is 0.490. The van der Waals surface area contributed by atoms with Gasteiger partial charge in [-0.15, -0.1) is 0 Å². The second-order valence-electron chi connectivity index (χ2n) is 3.54. The van der Waals surface area contributed by atoms with Crippen molar-refractivity contribution in [3.8, 4) is 0 Å². The van der Waals surface area contributed by atoms with E-state index in [4.69, 9.17) is 15.9 Å². The van der Waals surface area contributed by atoms with Gasteiger partial charge in [0, 0.05) is 0 Å². The van der Waals surface area contributed by atoms with Gasteiger partial charge in [-0.25, -0.2) is 4.98 Å². The van der Waals surface area contributed by atoms with Crippen LogP contribution in [0.2, 0.25) is 0 Å². The molecule has 0 aliphatic heterocycles. The lowest BCUT2D eigenvalue weighted by Crippen LogP contribution is -2.04. The molecule has 0 saturated heterocycles. The molecule has 16 heavy (non-hydrogen) atoms. The third kappa shape index (κ3) is 2.25. The fourth-order valence-corrected chi connectivity index (χ4v) is 1.34. The number of nitrogens with two attached hydrogens (primary N) is 2. The molecule has 5 nitrogen and oxygen atoms in total. The molecule has 0 atom stereocenters. The summed E-state index contributed by atoms with van der Waals surface area (Å²) in [6, 6.07) is 7.34. The van der Waals surface area contributed by atoms with E-state index in [2.05, 4.69) is 10.3 Å². The van der Waals surface area contributed by atoms with Crippen molar-refractivity contribution in [2.24, 2.45) is 0 Å². The first-order valence-corrected chi connectivity index (χ1v) is 4.96. The standard InChI is InChI=1S/C11H14N4O/c1-7-2-3-8(16-7)6-14-10-5-4-9(12)11(13)15-10/h2-5H,6,12H2,1H3,(H3,13,14,15). The van der Waals surface area contributed by atoms with Crippen LogP contribution in [-0.2, 0) is 6.54 Å². The first kappa shape index (κ1) is 10.4. The molecule has 2 aromatic rings. The summed E-state index contributed by atoms with van der Waals surface area (Å²) in [6.07, 6.45) is 0. The van der Waals surface area contributed by atoms with E-state index in [1.807, 2.05) is 19.1 Å². The molecule has 0 aromatic carbocycles. The van der Waals surface area contributed by atoms with E-state index < -0.39 is 0 Å². The highest BCUT2D eigenvalue weighted by atomic mass is 16.3. The number of aryl methyl sites for hydroxylation is 1. The fraction of sp³-hybridized carbons (Fsp3) is 0.182. The van der Waals surface area contributed by atoms with E-state index in [9.17, 15) is 0 Å². The molecule has 0 bridgehead atoms. The predicted octanol–water partition coefficient (Wildman–Crippen LogP) is 1.76. The molecule has 0 aliphatic rings. The fourth-order valence-electron chi connectivity index (χ4n) is 1.34. The topological polar surface area (TPSA) is 90.1 Å². The van der Waals surface area contributed by atoms with Crippen LogP contribution in [0, 0.1) is 6.92 Å². The van der Waals surface area contributed by atoms with Gasteiger partial charge in [0.1, 0.15) is 23.2 Å². The monoisotopic (exact) mass is 218 g/mol. The minimum atomic E-state index is 0.334. The van der Waals surface area contributed by atoms with E-state index in [1.54, 1.807) is 12.1 Å².